The summed E-state index contributed by atoms with van der Waals surface area (Å²) < 4.78 is 27.7. The van der Waals surface area contributed by atoms with Crippen LogP contribution in [-0.2, 0) is 21.2 Å². The van der Waals surface area contributed by atoms with Crippen LogP contribution in [0.3, 0.4) is 0 Å². The molecule has 0 radical (unpaired) electrons. The zero-order valence-corrected chi connectivity index (χ0v) is 14.0. The first-order chi connectivity index (χ1) is 11.4. The lowest BCUT2D eigenvalue weighted by molar-refractivity contribution is -0.121. The lowest BCUT2D eigenvalue weighted by atomic mass is 10.1. The van der Waals surface area contributed by atoms with Gasteiger partial charge in [0.2, 0.25) is 15.9 Å². The highest BCUT2D eigenvalue weighted by Gasteiger charge is 2.07. The number of carbonyl (C=O) groups excluding carboxylic acids is 1. The van der Waals surface area contributed by atoms with Crippen LogP contribution in [0.15, 0.2) is 59.5 Å². The van der Waals surface area contributed by atoms with Crippen LogP contribution in [0.1, 0.15) is 12.0 Å². The van der Waals surface area contributed by atoms with Gasteiger partial charge in [0.15, 0.2) is 0 Å². The first-order valence-corrected chi connectivity index (χ1v) is 9.06. The van der Waals surface area contributed by atoms with Gasteiger partial charge in [-0.3, -0.25) is 4.79 Å². The highest BCUT2D eigenvalue weighted by atomic mass is 32.2. The largest absolute Gasteiger partial charge is 0.493 e. The SMILES string of the molecule is NS(=O)(=O)c1ccc(OCCC(=O)NCCc2ccccc2)cc1. The number of nitrogens with one attached hydrogen (secondary N) is 1. The van der Waals surface area contributed by atoms with Gasteiger partial charge in [-0.05, 0) is 36.2 Å². The summed E-state index contributed by atoms with van der Waals surface area (Å²) >= 11 is 0. The molecule has 0 aromatic heterocycles. The van der Waals surface area contributed by atoms with Crippen LogP contribution in [0.2, 0.25) is 0 Å². The fraction of sp³-hybridized carbons (Fsp3) is 0.235. The number of primary sulfonamides is 1. The molecule has 7 heteroatoms. The minimum Gasteiger partial charge on any atom is -0.493 e. The number of carbonyl (C=O) groups is 1. The van der Waals surface area contributed by atoms with Gasteiger partial charge in [0, 0.05) is 6.54 Å². The van der Waals surface area contributed by atoms with E-state index in [1.54, 1.807) is 0 Å². The van der Waals surface area contributed by atoms with Gasteiger partial charge in [0.1, 0.15) is 5.75 Å². The van der Waals surface area contributed by atoms with Crippen molar-refractivity contribution < 1.29 is 17.9 Å². The molecule has 0 saturated carbocycles. The maximum Gasteiger partial charge on any atom is 0.238 e. The predicted octanol–water partition coefficient (Wildman–Crippen LogP) is 1.46. The van der Waals surface area contributed by atoms with Gasteiger partial charge in [0.25, 0.3) is 0 Å². The molecule has 0 aliphatic rings. The molecule has 0 spiro atoms. The van der Waals surface area contributed by atoms with Crippen LogP contribution >= 0.6 is 0 Å². The fourth-order valence-corrected chi connectivity index (χ4v) is 2.58. The van der Waals surface area contributed by atoms with E-state index in [-0.39, 0.29) is 23.8 Å². The summed E-state index contributed by atoms with van der Waals surface area (Å²) in [5.74, 6) is 0.395. The smallest absolute Gasteiger partial charge is 0.238 e. The molecule has 24 heavy (non-hydrogen) atoms. The molecule has 0 aliphatic carbocycles. The standard InChI is InChI=1S/C17H20N2O4S/c18-24(21,22)16-8-6-15(7-9-16)23-13-11-17(20)19-12-10-14-4-2-1-3-5-14/h1-9H,10-13H2,(H,19,20)(H2,18,21,22). The second-order valence-corrected chi connectivity index (χ2v) is 6.76. The molecule has 0 bridgehead atoms. The van der Waals surface area contributed by atoms with Crippen LogP contribution in [0, 0.1) is 0 Å². The van der Waals surface area contributed by atoms with E-state index in [1.807, 2.05) is 30.3 Å². The molecule has 2 rings (SSSR count). The first kappa shape index (κ1) is 18.0. The number of hydrogen-bond donors (Lipinski definition) is 2. The second-order valence-electron chi connectivity index (χ2n) is 5.20. The van der Waals surface area contributed by atoms with Crippen molar-refractivity contribution in [2.75, 3.05) is 13.2 Å². The molecule has 0 unspecified atom stereocenters. The summed E-state index contributed by atoms with van der Waals surface area (Å²) in [6.07, 6.45) is 1.01. The number of nitrogens with two attached hydrogens (primary N) is 1. The molecule has 0 fully saturated rings. The highest BCUT2D eigenvalue weighted by molar-refractivity contribution is 7.89. The summed E-state index contributed by atoms with van der Waals surface area (Å²) in [6, 6.07) is 15.7. The second kappa shape index (κ2) is 8.47. The Morgan fingerprint density at radius 1 is 1.04 bits per heavy atom. The summed E-state index contributed by atoms with van der Waals surface area (Å²) in [4.78, 5) is 11.7. The zero-order valence-electron chi connectivity index (χ0n) is 13.1. The summed E-state index contributed by atoms with van der Waals surface area (Å²) in [5, 5.41) is 7.85. The third kappa shape index (κ3) is 6.02. The fourth-order valence-electron chi connectivity index (χ4n) is 2.07. The molecule has 3 N–H and O–H groups in total. The molecule has 128 valence electrons. The average molecular weight is 348 g/mol. The van der Waals surface area contributed by atoms with E-state index in [1.165, 1.54) is 29.8 Å². The maximum absolute atomic E-state index is 11.7. The minimum atomic E-state index is -3.71. The van der Waals surface area contributed by atoms with Crippen molar-refractivity contribution in [3.63, 3.8) is 0 Å². The van der Waals surface area contributed by atoms with Crippen LogP contribution in [0.5, 0.6) is 5.75 Å². The Bertz CT molecular complexity index is 759. The molecule has 2 aromatic carbocycles. The summed E-state index contributed by atoms with van der Waals surface area (Å²) in [7, 11) is -3.71. The summed E-state index contributed by atoms with van der Waals surface area (Å²) in [6.45, 7) is 0.789. The van der Waals surface area contributed by atoms with Crippen LogP contribution in [0.25, 0.3) is 0 Å². The van der Waals surface area contributed by atoms with Gasteiger partial charge >= 0.3 is 0 Å². The molecule has 0 heterocycles. The topological polar surface area (TPSA) is 98.5 Å². The van der Waals surface area contributed by atoms with Crippen LogP contribution < -0.4 is 15.2 Å². The van der Waals surface area contributed by atoms with Gasteiger partial charge in [-0.25, -0.2) is 13.6 Å². The van der Waals surface area contributed by atoms with E-state index in [0.717, 1.165) is 6.42 Å². The van der Waals surface area contributed by atoms with Crippen molar-refractivity contribution in [1.29, 1.82) is 0 Å². The predicted molar refractivity (Wildman–Crippen MR) is 91.1 cm³/mol. The number of sulfonamides is 1. The van der Waals surface area contributed by atoms with Gasteiger partial charge < -0.3 is 10.1 Å². The third-order valence-corrected chi connectivity index (χ3v) is 4.26. The van der Waals surface area contributed by atoms with Crippen molar-refractivity contribution in [2.24, 2.45) is 5.14 Å². The van der Waals surface area contributed by atoms with Crippen molar-refractivity contribution in [2.45, 2.75) is 17.7 Å². The van der Waals surface area contributed by atoms with Gasteiger partial charge in [-0.1, -0.05) is 30.3 Å². The van der Waals surface area contributed by atoms with E-state index in [4.69, 9.17) is 9.88 Å². The van der Waals surface area contributed by atoms with Gasteiger partial charge in [-0.15, -0.1) is 0 Å². The van der Waals surface area contributed by atoms with E-state index in [2.05, 4.69) is 5.32 Å². The lowest BCUT2D eigenvalue weighted by Crippen LogP contribution is -2.27. The lowest BCUT2D eigenvalue weighted by Gasteiger charge is -2.08. The van der Waals surface area contributed by atoms with E-state index < -0.39 is 10.0 Å². The number of ether oxygens (including phenoxy) is 1. The summed E-state index contributed by atoms with van der Waals surface area (Å²) in [5.41, 5.74) is 1.17. The molecule has 1 amide bonds. The van der Waals surface area contributed by atoms with Crippen LogP contribution in [-0.4, -0.2) is 27.5 Å². The number of rotatable bonds is 8. The van der Waals surface area contributed by atoms with Crippen molar-refractivity contribution in [3.05, 3.63) is 60.2 Å². The zero-order chi connectivity index (χ0) is 17.4. The number of hydrogen-bond acceptors (Lipinski definition) is 4. The molecule has 0 aliphatic heterocycles. The number of benzene rings is 2. The molecule has 0 saturated heterocycles. The van der Waals surface area contributed by atoms with Gasteiger partial charge in [0.05, 0.1) is 17.9 Å². The Kier molecular flexibility index (Phi) is 6.34. The average Bonchev–Trinajstić information content (AvgIpc) is 2.55. The van der Waals surface area contributed by atoms with Crippen LogP contribution in [0.4, 0.5) is 0 Å². The van der Waals surface area contributed by atoms with E-state index >= 15 is 0 Å². The van der Waals surface area contributed by atoms with E-state index in [0.29, 0.717) is 12.3 Å². The normalized spacial score (nSPS) is 11.0. The Labute approximate surface area is 141 Å². The van der Waals surface area contributed by atoms with Gasteiger partial charge in [-0.2, -0.15) is 0 Å². The highest BCUT2D eigenvalue weighted by Crippen LogP contribution is 2.14. The monoisotopic (exact) mass is 348 g/mol. The quantitative estimate of drug-likeness (QED) is 0.754. The molecular weight excluding hydrogens is 328 g/mol. The number of amides is 1. The van der Waals surface area contributed by atoms with Crippen molar-refractivity contribution in [1.82, 2.24) is 5.32 Å². The van der Waals surface area contributed by atoms with Crippen molar-refractivity contribution >= 4 is 15.9 Å². The maximum atomic E-state index is 11.7. The minimum absolute atomic E-state index is 0.0218. The third-order valence-electron chi connectivity index (χ3n) is 3.33. The molecule has 0 atom stereocenters. The first-order valence-electron chi connectivity index (χ1n) is 7.51. The molecule has 6 nitrogen and oxygen atoms in total. The Morgan fingerprint density at radius 2 is 1.71 bits per heavy atom. The van der Waals surface area contributed by atoms with Crippen molar-refractivity contribution in [3.8, 4) is 5.75 Å². The molecular formula is C17H20N2O4S. The molecule has 2 aromatic rings. The Hall–Kier alpha value is -2.38. The Morgan fingerprint density at radius 3 is 2.33 bits per heavy atom. The Balaban J connectivity index is 1.67. The van der Waals surface area contributed by atoms with E-state index in [9.17, 15) is 13.2 Å².